The highest BCUT2D eigenvalue weighted by Crippen LogP contribution is 2.19. The van der Waals surface area contributed by atoms with Gasteiger partial charge in [-0.1, -0.05) is 0 Å². The lowest BCUT2D eigenvalue weighted by Crippen LogP contribution is -2.51. The molecule has 2 amide bonds. The summed E-state index contributed by atoms with van der Waals surface area (Å²) in [6.45, 7) is 6.87. The van der Waals surface area contributed by atoms with Gasteiger partial charge >= 0.3 is 0 Å². The molecule has 2 aliphatic heterocycles. The number of hydrogen-bond donors (Lipinski definition) is 2. The first-order valence-electron chi connectivity index (χ1n) is 8.88. The van der Waals surface area contributed by atoms with Crippen LogP contribution in [-0.4, -0.2) is 48.4 Å². The SMILES string of the molecule is CC(NC(=O)CCC1CCNCC1)C(=O)N1CCCCC1C. The van der Waals surface area contributed by atoms with E-state index >= 15 is 0 Å². The maximum atomic E-state index is 12.5. The van der Waals surface area contributed by atoms with Gasteiger partial charge < -0.3 is 15.5 Å². The minimum atomic E-state index is -0.402. The third kappa shape index (κ3) is 4.97. The van der Waals surface area contributed by atoms with Gasteiger partial charge in [0, 0.05) is 19.0 Å². The summed E-state index contributed by atoms with van der Waals surface area (Å²) in [5.41, 5.74) is 0. The Hall–Kier alpha value is -1.10. The fraction of sp³-hybridized carbons (Fsp3) is 0.882. The molecular weight excluding hydrogens is 278 g/mol. The largest absolute Gasteiger partial charge is 0.345 e. The Morgan fingerprint density at radius 2 is 1.95 bits per heavy atom. The van der Waals surface area contributed by atoms with Gasteiger partial charge in [0.05, 0.1) is 0 Å². The molecule has 2 unspecified atom stereocenters. The Bertz CT molecular complexity index is 380. The minimum Gasteiger partial charge on any atom is -0.345 e. The topological polar surface area (TPSA) is 61.4 Å². The summed E-state index contributed by atoms with van der Waals surface area (Å²) in [6, 6.07) is -0.101. The summed E-state index contributed by atoms with van der Waals surface area (Å²) in [5.74, 6) is 0.742. The molecule has 2 atom stereocenters. The second-order valence-electron chi connectivity index (χ2n) is 6.90. The second kappa shape index (κ2) is 8.51. The first kappa shape index (κ1) is 17.3. The quantitative estimate of drug-likeness (QED) is 0.812. The van der Waals surface area contributed by atoms with Gasteiger partial charge in [0.15, 0.2) is 0 Å². The molecule has 0 radical (unpaired) electrons. The number of likely N-dealkylation sites (tertiary alicyclic amines) is 1. The van der Waals surface area contributed by atoms with Crippen molar-refractivity contribution in [3.63, 3.8) is 0 Å². The van der Waals surface area contributed by atoms with Crippen LogP contribution in [0.3, 0.4) is 0 Å². The summed E-state index contributed by atoms with van der Waals surface area (Å²) in [7, 11) is 0. The lowest BCUT2D eigenvalue weighted by Gasteiger charge is -2.35. The van der Waals surface area contributed by atoms with Crippen LogP contribution in [0.15, 0.2) is 0 Å². The first-order valence-corrected chi connectivity index (χ1v) is 8.88. The molecule has 2 aliphatic rings. The maximum Gasteiger partial charge on any atom is 0.245 e. The molecule has 2 N–H and O–H groups in total. The van der Waals surface area contributed by atoms with Crippen molar-refractivity contribution in [3.8, 4) is 0 Å². The highest BCUT2D eigenvalue weighted by molar-refractivity contribution is 5.87. The number of carbonyl (C=O) groups is 2. The van der Waals surface area contributed by atoms with E-state index in [9.17, 15) is 9.59 Å². The molecule has 2 rings (SSSR count). The van der Waals surface area contributed by atoms with Gasteiger partial charge in [0.25, 0.3) is 0 Å². The van der Waals surface area contributed by atoms with Crippen molar-refractivity contribution in [1.29, 1.82) is 0 Å². The van der Waals surface area contributed by atoms with Crippen LogP contribution >= 0.6 is 0 Å². The fourth-order valence-corrected chi connectivity index (χ4v) is 3.56. The third-order valence-corrected chi connectivity index (χ3v) is 5.07. The normalized spacial score (nSPS) is 24.8. The third-order valence-electron chi connectivity index (χ3n) is 5.07. The van der Waals surface area contributed by atoms with Crippen molar-refractivity contribution < 1.29 is 9.59 Å². The lowest BCUT2D eigenvalue weighted by atomic mass is 9.93. The monoisotopic (exact) mass is 309 g/mol. The number of rotatable bonds is 5. The highest BCUT2D eigenvalue weighted by atomic mass is 16.2. The molecule has 0 aromatic rings. The Kier molecular flexibility index (Phi) is 6.68. The average molecular weight is 309 g/mol. The summed E-state index contributed by atoms with van der Waals surface area (Å²) in [6.07, 6.45) is 7.14. The Morgan fingerprint density at radius 1 is 1.23 bits per heavy atom. The van der Waals surface area contributed by atoms with Gasteiger partial charge in [-0.2, -0.15) is 0 Å². The van der Waals surface area contributed by atoms with Crippen LogP contribution in [-0.2, 0) is 9.59 Å². The van der Waals surface area contributed by atoms with Gasteiger partial charge in [-0.3, -0.25) is 9.59 Å². The van der Waals surface area contributed by atoms with Crippen molar-refractivity contribution in [2.45, 2.75) is 70.9 Å². The van der Waals surface area contributed by atoms with Crippen LogP contribution in [0.2, 0.25) is 0 Å². The van der Waals surface area contributed by atoms with Gasteiger partial charge in [-0.05, 0) is 71.4 Å². The Balaban J connectivity index is 1.71. The predicted octanol–water partition coefficient (Wildman–Crippen LogP) is 1.67. The van der Waals surface area contributed by atoms with Crippen LogP contribution in [0.25, 0.3) is 0 Å². The van der Waals surface area contributed by atoms with Gasteiger partial charge in [-0.15, -0.1) is 0 Å². The molecule has 0 aromatic heterocycles. The standard InChI is InChI=1S/C17H31N3O2/c1-13-5-3-4-12-20(13)17(22)14(2)19-16(21)7-6-15-8-10-18-11-9-15/h13-15,18H,3-12H2,1-2H3,(H,19,21). The van der Waals surface area contributed by atoms with Gasteiger partial charge in [0.2, 0.25) is 11.8 Å². The van der Waals surface area contributed by atoms with E-state index in [2.05, 4.69) is 17.6 Å². The second-order valence-corrected chi connectivity index (χ2v) is 6.90. The average Bonchev–Trinajstić information content (AvgIpc) is 2.53. The summed E-state index contributed by atoms with van der Waals surface area (Å²) < 4.78 is 0. The van der Waals surface area contributed by atoms with Crippen molar-refractivity contribution >= 4 is 11.8 Å². The molecule has 2 saturated heterocycles. The van der Waals surface area contributed by atoms with E-state index in [-0.39, 0.29) is 11.8 Å². The molecule has 5 heteroatoms. The van der Waals surface area contributed by atoms with Crippen LogP contribution in [0.1, 0.15) is 58.8 Å². The minimum absolute atomic E-state index is 0.0176. The van der Waals surface area contributed by atoms with E-state index in [1.54, 1.807) is 0 Å². The molecular formula is C17H31N3O2. The Labute approximate surface area is 134 Å². The van der Waals surface area contributed by atoms with Crippen molar-refractivity contribution in [1.82, 2.24) is 15.5 Å². The maximum absolute atomic E-state index is 12.5. The van der Waals surface area contributed by atoms with E-state index < -0.39 is 6.04 Å². The number of piperidine rings is 2. The van der Waals surface area contributed by atoms with E-state index in [0.717, 1.165) is 51.7 Å². The number of carbonyl (C=O) groups excluding carboxylic acids is 2. The van der Waals surface area contributed by atoms with Crippen LogP contribution in [0.4, 0.5) is 0 Å². The predicted molar refractivity (Wildman–Crippen MR) is 87.5 cm³/mol. The number of nitrogens with zero attached hydrogens (tertiary/aromatic N) is 1. The smallest absolute Gasteiger partial charge is 0.245 e. The number of amides is 2. The fourth-order valence-electron chi connectivity index (χ4n) is 3.56. The molecule has 22 heavy (non-hydrogen) atoms. The molecule has 5 nitrogen and oxygen atoms in total. The summed E-state index contributed by atoms with van der Waals surface area (Å²) in [4.78, 5) is 26.5. The highest BCUT2D eigenvalue weighted by Gasteiger charge is 2.27. The zero-order chi connectivity index (χ0) is 15.9. The van der Waals surface area contributed by atoms with Crippen LogP contribution < -0.4 is 10.6 Å². The zero-order valence-electron chi connectivity index (χ0n) is 14.1. The number of nitrogens with one attached hydrogen (secondary N) is 2. The van der Waals surface area contributed by atoms with E-state index in [0.29, 0.717) is 18.4 Å². The molecule has 2 heterocycles. The molecule has 126 valence electrons. The van der Waals surface area contributed by atoms with Crippen LogP contribution in [0.5, 0.6) is 0 Å². The molecule has 2 fully saturated rings. The first-order chi connectivity index (χ1) is 10.6. The molecule has 0 aromatic carbocycles. The zero-order valence-corrected chi connectivity index (χ0v) is 14.1. The molecule has 0 aliphatic carbocycles. The van der Waals surface area contributed by atoms with Crippen molar-refractivity contribution in [2.75, 3.05) is 19.6 Å². The molecule has 0 bridgehead atoms. The summed E-state index contributed by atoms with van der Waals surface area (Å²) >= 11 is 0. The molecule has 0 spiro atoms. The van der Waals surface area contributed by atoms with Gasteiger partial charge in [0.1, 0.15) is 6.04 Å². The van der Waals surface area contributed by atoms with E-state index in [1.807, 2.05) is 11.8 Å². The van der Waals surface area contributed by atoms with E-state index in [1.165, 1.54) is 6.42 Å². The van der Waals surface area contributed by atoms with Crippen LogP contribution in [0, 0.1) is 5.92 Å². The Morgan fingerprint density at radius 3 is 2.64 bits per heavy atom. The molecule has 0 saturated carbocycles. The van der Waals surface area contributed by atoms with Crippen molar-refractivity contribution in [3.05, 3.63) is 0 Å². The number of hydrogen-bond acceptors (Lipinski definition) is 3. The van der Waals surface area contributed by atoms with Gasteiger partial charge in [-0.25, -0.2) is 0 Å². The lowest BCUT2D eigenvalue weighted by molar-refractivity contribution is -0.138. The van der Waals surface area contributed by atoms with E-state index in [4.69, 9.17) is 0 Å². The summed E-state index contributed by atoms with van der Waals surface area (Å²) in [5, 5.41) is 6.23. The van der Waals surface area contributed by atoms with Crippen molar-refractivity contribution in [2.24, 2.45) is 5.92 Å².